The second kappa shape index (κ2) is 9.82. The monoisotopic (exact) mass is 437 g/mol. The highest BCUT2D eigenvalue weighted by atomic mass is 16.6. The van der Waals surface area contributed by atoms with E-state index >= 15 is 0 Å². The van der Waals surface area contributed by atoms with E-state index < -0.39 is 12.1 Å². The maximum Gasteiger partial charge on any atom is 0.325 e. The molecular formula is C24H27N3O5. The molecule has 0 radical (unpaired) electrons. The highest BCUT2D eigenvalue weighted by Gasteiger charge is 2.30. The van der Waals surface area contributed by atoms with Crippen molar-refractivity contribution >= 4 is 23.4 Å². The van der Waals surface area contributed by atoms with Crippen LogP contribution in [-0.2, 0) is 4.79 Å². The van der Waals surface area contributed by atoms with Gasteiger partial charge < -0.3 is 14.8 Å². The van der Waals surface area contributed by atoms with E-state index in [1.54, 1.807) is 25.1 Å². The van der Waals surface area contributed by atoms with Crippen LogP contribution in [0.4, 0.5) is 10.5 Å². The summed E-state index contributed by atoms with van der Waals surface area (Å²) in [5.41, 5.74) is 1.24. The number of amides is 3. The molecule has 2 aliphatic heterocycles. The van der Waals surface area contributed by atoms with E-state index in [9.17, 15) is 14.4 Å². The Morgan fingerprint density at radius 2 is 1.66 bits per heavy atom. The van der Waals surface area contributed by atoms with Crippen LogP contribution in [0.15, 0.2) is 48.5 Å². The molecule has 1 atom stereocenters. The minimum Gasteiger partial charge on any atom is -0.486 e. The number of fused-ring (bicyclic) bond motifs is 1. The van der Waals surface area contributed by atoms with Crippen molar-refractivity contribution in [1.29, 1.82) is 0 Å². The van der Waals surface area contributed by atoms with Crippen molar-refractivity contribution in [3.63, 3.8) is 0 Å². The molecule has 3 amide bonds. The number of Topliss-reactive ketones (excluding diaryl/α,β-unsaturated/α-hetero) is 1. The molecule has 0 bridgehead atoms. The van der Waals surface area contributed by atoms with E-state index in [-0.39, 0.29) is 17.6 Å². The third-order valence-electron chi connectivity index (χ3n) is 5.92. The van der Waals surface area contributed by atoms with Crippen molar-refractivity contribution in [2.45, 2.75) is 25.8 Å². The van der Waals surface area contributed by atoms with Crippen LogP contribution in [0.3, 0.4) is 0 Å². The quantitative estimate of drug-likeness (QED) is 0.698. The van der Waals surface area contributed by atoms with E-state index in [0.29, 0.717) is 56.3 Å². The molecule has 0 unspecified atom stereocenters. The molecule has 2 aliphatic rings. The zero-order chi connectivity index (χ0) is 22.5. The van der Waals surface area contributed by atoms with Gasteiger partial charge in [-0.25, -0.2) is 4.79 Å². The Balaban J connectivity index is 1.26. The maximum atomic E-state index is 12.7. The molecular weight excluding hydrogens is 410 g/mol. The summed E-state index contributed by atoms with van der Waals surface area (Å²) >= 11 is 0. The fourth-order valence-electron chi connectivity index (χ4n) is 4.05. The van der Waals surface area contributed by atoms with Crippen LogP contribution in [0.1, 0.15) is 30.1 Å². The van der Waals surface area contributed by atoms with E-state index in [0.717, 1.165) is 5.56 Å². The number of piperidine rings is 1. The van der Waals surface area contributed by atoms with E-state index in [1.165, 1.54) is 0 Å². The van der Waals surface area contributed by atoms with Gasteiger partial charge in [-0.2, -0.15) is 0 Å². The summed E-state index contributed by atoms with van der Waals surface area (Å²) in [6.07, 6.45) is 1.38. The molecule has 2 aromatic carbocycles. The van der Waals surface area contributed by atoms with Crippen LogP contribution in [0.5, 0.6) is 11.5 Å². The number of imide groups is 1. The van der Waals surface area contributed by atoms with Gasteiger partial charge in [0, 0.05) is 23.2 Å². The zero-order valence-corrected chi connectivity index (χ0v) is 18.0. The Morgan fingerprint density at radius 1 is 0.969 bits per heavy atom. The van der Waals surface area contributed by atoms with Crippen molar-refractivity contribution in [3.05, 3.63) is 54.1 Å². The average molecular weight is 437 g/mol. The Morgan fingerprint density at radius 3 is 2.38 bits per heavy atom. The fourth-order valence-corrected chi connectivity index (χ4v) is 4.05. The third-order valence-corrected chi connectivity index (χ3v) is 5.92. The summed E-state index contributed by atoms with van der Waals surface area (Å²) in [6.45, 7) is 3.96. The molecule has 8 heteroatoms. The number of nitrogens with one attached hydrogen (secondary N) is 2. The van der Waals surface area contributed by atoms with Gasteiger partial charge in [-0.3, -0.25) is 19.8 Å². The van der Waals surface area contributed by atoms with E-state index in [2.05, 4.69) is 10.6 Å². The minimum absolute atomic E-state index is 0.0394. The van der Waals surface area contributed by atoms with Crippen molar-refractivity contribution in [2.75, 3.05) is 31.6 Å². The van der Waals surface area contributed by atoms with Gasteiger partial charge in [0.25, 0.3) is 0 Å². The molecule has 1 saturated heterocycles. The minimum atomic E-state index is -0.604. The number of ketones is 1. The Bertz CT molecular complexity index is 986. The summed E-state index contributed by atoms with van der Waals surface area (Å²) in [7, 11) is 0. The van der Waals surface area contributed by atoms with E-state index in [4.69, 9.17) is 9.47 Å². The summed E-state index contributed by atoms with van der Waals surface area (Å²) in [6, 6.07) is 13.3. The number of likely N-dealkylation sites (tertiary alicyclic amines) is 1. The molecule has 32 heavy (non-hydrogen) atoms. The van der Waals surface area contributed by atoms with Gasteiger partial charge in [-0.15, -0.1) is 0 Å². The van der Waals surface area contributed by atoms with Crippen LogP contribution in [0, 0.1) is 5.92 Å². The van der Waals surface area contributed by atoms with Gasteiger partial charge in [0.15, 0.2) is 17.3 Å². The molecule has 8 nitrogen and oxygen atoms in total. The standard InChI is InChI=1S/C24H27N3O5/c1-16(27-11-9-18(10-12-27)22(28)17-5-3-2-4-6-17)23(29)26-24(30)25-19-7-8-20-21(15-19)32-14-13-31-20/h2-8,15-16,18H,9-14H2,1H3,(H2,25,26,29,30)/t16-/m0/s1. The number of carbonyl (C=O) groups excluding carboxylic acids is 3. The first-order valence-electron chi connectivity index (χ1n) is 10.9. The summed E-state index contributed by atoms with van der Waals surface area (Å²) in [5, 5.41) is 5.05. The van der Waals surface area contributed by atoms with Gasteiger partial charge in [-0.05, 0) is 45.0 Å². The Kier molecular flexibility index (Phi) is 6.70. The number of benzene rings is 2. The third kappa shape index (κ3) is 5.08. The number of hydrogen-bond donors (Lipinski definition) is 2. The smallest absolute Gasteiger partial charge is 0.325 e. The predicted octanol–water partition coefficient (Wildman–Crippen LogP) is 3.09. The number of anilines is 1. The zero-order valence-electron chi connectivity index (χ0n) is 18.0. The Labute approximate surface area is 186 Å². The van der Waals surface area contributed by atoms with Crippen molar-refractivity contribution in [3.8, 4) is 11.5 Å². The topological polar surface area (TPSA) is 97.0 Å². The Hall–Kier alpha value is -3.39. The SMILES string of the molecule is C[C@@H](C(=O)NC(=O)Nc1ccc2c(c1)OCCO2)N1CCC(C(=O)c2ccccc2)CC1. The van der Waals surface area contributed by atoms with Crippen LogP contribution in [0.2, 0.25) is 0 Å². The summed E-state index contributed by atoms with van der Waals surface area (Å²) in [4.78, 5) is 39.5. The summed E-state index contributed by atoms with van der Waals surface area (Å²) < 4.78 is 11.0. The second-order valence-electron chi connectivity index (χ2n) is 8.02. The lowest BCUT2D eigenvalue weighted by Crippen LogP contribution is -2.50. The van der Waals surface area contributed by atoms with Crippen LogP contribution in [-0.4, -0.2) is 55.0 Å². The van der Waals surface area contributed by atoms with Crippen molar-refractivity contribution in [1.82, 2.24) is 10.2 Å². The lowest BCUT2D eigenvalue weighted by atomic mass is 9.88. The predicted molar refractivity (Wildman–Crippen MR) is 119 cm³/mol. The second-order valence-corrected chi connectivity index (χ2v) is 8.02. The molecule has 0 spiro atoms. The molecule has 0 saturated carbocycles. The lowest BCUT2D eigenvalue weighted by Gasteiger charge is -2.34. The maximum absolute atomic E-state index is 12.7. The largest absolute Gasteiger partial charge is 0.486 e. The lowest BCUT2D eigenvalue weighted by molar-refractivity contribution is -0.125. The first kappa shape index (κ1) is 21.8. The molecule has 4 rings (SSSR count). The highest BCUT2D eigenvalue weighted by Crippen LogP contribution is 2.32. The molecule has 168 valence electrons. The normalized spacial score (nSPS) is 17.3. The van der Waals surface area contributed by atoms with Gasteiger partial charge >= 0.3 is 6.03 Å². The molecule has 0 aromatic heterocycles. The van der Waals surface area contributed by atoms with Crippen molar-refractivity contribution in [2.24, 2.45) is 5.92 Å². The van der Waals surface area contributed by atoms with Crippen LogP contribution >= 0.6 is 0 Å². The fraction of sp³-hybridized carbons (Fsp3) is 0.375. The van der Waals surface area contributed by atoms with Gasteiger partial charge in [0.1, 0.15) is 13.2 Å². The van der Waals surface area contributed by atoms with E-state index in [1.807, 2.05) is 35.2 Å². The van der Waals surface area contributed by atoms with Gasteiger partial charge in [0.2, 0.25) is 5.91 Å². The van der Waals surface area contributed by atoms with Crippen molar-refractivity contribution < 1.29 is 23.9 Å². The van der Waals surface area contributed by atoms with Gasteiger partial charge in [-0.1, -0.05) is 30.3 Å². The number of ether oxygens (including phenoxy) is 2. The number of rotatable bonds is 5. The number of nitrogens with zero attached hydrogens (tertiary/aromatic N) is 1. The first-order valence-corrected chi connectivity index (χ1v) is 10.9. The molecule has 2 aromatic rings. The van der Waals surface area contributed by atoms with Crippen LogP contribution in [0.25, 0.3) is 0 Å². The highest BCUT2D eigenvalue weighted by molar-refractivity contribution is 6.03. The van der Waals surface area contributed by atoms with Gasteiger partial charge in [0.05, 0.1) is 6.04 Å². The number of urea groups is 1. The van der Waals surface area contributed by atoms with Crippen LogP contribution < -0.4 is 20.1 Å². The molecule has 2 heterocycles. The average Bonchev–Trinajstić information content (AvgIpc) is 2.83. The number of carbonyl (C=O) groups is 3. The number of hydrogen-bond acceptors (Lipinski definition) is 6. The molecule has 2 N–H and O–H groups in total. The molecule has 0 aliphatic carbocycles. The molecule has 1 fully saturated rings. The summed E-state index contributed by atoms with van der Waals surface area (Å²) in [5.74, 6) is 0.916. The first-order chi connectivity index (χ1) is 15.5.